The monoisotopic (exact) mass is 586 g/mol. The molecular weight excluding hydrogens is 567 g/mol. The Morgan fingerprint density at radius 2 is 2.00 bits per heavy atom. The molecule has 4 nitrogen and oxygen atoms in total. The van der Waals surface area contributed by atoms with Crippen molar-refractivity contribution in [2.75, 3.05) is 0 Å². The van der Waals surface area contributed by atoms with Gasteiger partial charge in [-0.05, 0) is 85.9 Å². The number of hydrogen-bond acceptors (Lipinski definition) is 3. The Bertz CT molecular complexity index is 1020. The van der Waals surface area contributed by atoms with E-state index in [2.05, 4.69) is 49.3 Å². The third-order valence-electron chi connectivity index (χ3n) is 6.41. The summed E-state index contributed by atoms with van der Waals surface area (Å²) in [5.74, 6) is 1.30. The zero-order chi connectivity index (χ0) is 22.2. The van der Waals surface area contributed by atoms with Crippen LogP contribution in [-0.4, -0.2) is 12.1 Å². The second-order valence-electron chi connectivity index (χ2n) is 8.41. The Hall–Kier alpha value is -1.08. The van der Waals surface area contributed by atoms with Crippen LogP contribution in [0.3, 0.4) is 0 Å². The fraction of sp³-hybridized carbons (Fsp3) is 0.391. The van der Waals surface area contributed by atoms with Gasteiger partial charge in [-0.15, -0.1) is 0 Å². The van der Waals surface area contributed by atoms with Crippen LogP contribution in [0.1, 0.15) is 43.7 Å². The van der Waals surface area contributed by atoms with E-state index in [9.17, 15) is 4.79 Å². The maximum absolute atomic E-state index is 12.5. The highest BCUT2D eigenvalue weighted by Crippen LogP contribution is 2.66. The molecule has 31 heavy (non-hydrogen) atoms. The highest BCUT2D eigenvalue weighted by Gasteiger charge is 2.64. The fourth-order valence-electron chi connectivity index (χ4n) is 4.67. The number of rotatable bonds is 6. The van der Waals surface area contributed by atoms with Gasteiger partial charge in [-0.25, -0.2) is 5.43 Å². The zero-order valence-electron chi connectivity index (χ0n) is 16.9. The first-order valence-electron chi connectivity index (χ1n) is 10.2. The second kappa shape index (κ2) is 9.42. The Balaban J connectivity index is 1.37. The van der Waals surface area contributed by atoms with Gasteiger partial charge in [0.1, 0.15) is 12.4 Å². The molecule has 0 saturated heterocycles. The molecule has 8 heteroatoms. The lowest BCUT2D eigenvalue weighted by molar-refractivity contribution is -0.123. The molecule has 3 atom stereocenters. The minimum absolute atomic E-state index is 0.0311. The van der Waals surface area contributed by atoms with E-state index < -0.39 is 0 Å². The number of carbonyl (C=O) groups is 1. The number of hydrazone groups is 1. The summed E-state index contributed by atoms with van der Waals surface area (Å²) < 4.78 is 7.47. The largest absolute Gasteiger partial charge is 0.486 e. The molecule has 2 saturated carbocycles. The molecule has 0 radical (unpaired) electrons. The minimum atomic E-state index is 0.0311. The highest BCUT2D eigenvalue weighted by atomic mass is 79.9. The maximum atomic E-state index is 12.5. The van der Waals surface area contributed by atoms with Crippen molar-refractivity contribution < 1.29 is 9.53 Å². The van der Waals surface area contributed by atoms with Crippen LogP contribution in [-0.2, 0) is 11.4 Å². The van der Waals surface area contributed by atoms with Crippen molar-refractivity contribution >= 4 is 67.2 Å². The van der Waals surface area contributed by atoms with Gasteiger partial charge >= 0.3 is 0 Å². The van der Waals surface area contributed by atoms with E-state index in [0.29, 0.717) is 28.3 Å². The lowest BCUT2D eigenvalue weighted by Crippen LogP contribution is -2.22. The maximum Gasteiger partial charge on any atom is 0.244 e. The van der Waals surface area contributed by atoms with Gasteiger partial charge in [0.15, 0.2) is 0 Å². The molecule has 2 aliphatic carbocycles. The first-order chi connectivity index (χ1) is 14.8. The van der Waals surface area contributed by atoms with E-state index in [0.717, 1.165) is 32.9 Å². The Morgan fingerprint density at radius 1 is 1.26 bits per heavy atom. The van der Waals surface area contributed by atoms with Crippen LogP contribution in [0.4, 0.5) is 0 Å². The number of nitrogens with zero attached hydrogens (tertiary/aromatic N) is 1. The van der Waals surface area contributed by atoms with Gasteiger partial charge in [-0.1, -0.05) is 49.0 Å². The first kappa shape index (κ1) is 23.1. The molecule has 0 unspecified atom stereocenters. The molecule has 0 aromatic heterocycles. The summed E-state index contributed by atoms with van der Waals surface area (Å²) in [5, 5.41) is 5.32. The van der Waals surface area contributed by atoms with E-state index in [4.69, 9.17) is 27.9 Å². The van der Waals surface area contributed by atoms with E-state index in [1.807, 2.05) is 18.2 Å². The molecule has 0 spiro atoms. The van der Waals surface area contributed by atoms with Crippen LogP contribution in [0.2, 0.25) is 10.0 Å². The SMILES string of the molecule is C[C@]12CCCC[C@H]1[C@H]2C(=O)N/N=C\c1cc(Br)c(OCc2ccc(Cl)cc2Cl)c(Br)c1. The lowest BCUT2D eigenvalue weighted by atomic mass is 9.90. The number of halogens is 4. The third kappa shape index (κ3) is 4.97. The predicted octanol–water partition coefficient (Wildman–Crippen LogP) is 7.37. The smallest absolute Gasteiger partial charge is 0.244 e. The Kier molecular flexibility index (Phi) is 7.02. The van der Waals surface area contributed by atoms with E-state index in [1.54, 1.807) is 18.3 Å². The van der Waals surface area contributed by atoms with Crippen LogP contribution in [0.15, 0.2) is 44.4 Å². The topological polar surface area (TPSA) is 50.7 Å². The molecule has 2 aliphatic rings. The van der Waals surface area contributed by atoms with Gasteiger partial charge in [0, 0.05) is 21.5 Å². The van der Waals surface area contributed by atoms with Crippen LogP contribution in [0.5, 0.6) is 5.75 Å². The lowest BCUT2D eigenvalue weighted by Gasteiger charge is -2.15. The van der Waals surface area contributed by atoms with Gasteiger partial charge < -0.3 is 4.74 Å². The van der Waals surface area contributed by atoms with E-state index >= 15 is 0 Å². The number of fused-ring (bicyclic) bond motifs is 1. The van der Waals surface area contributed by atoms with E-state index in [1.165, 1.54) is 12.8 Å². The quantitative estimate of drug-likeness (QED) is 0.283. The van der Waals surface area contributed by atoms with Crippen LogP contribution in [0.25, 0.3) is 0 Å². The molecular formula is C23H22Br2Cl2N2O2. The normalized spacial score (nSPS) is 24.7. The molecule has 2 aromatic rings. The van der Waals surface area contributed by atoms with Crippen molar-refractivity contribution in [3.63, 3.8) is 0 Å². The van der Waals surface area contributed by atoms with Crippen molar-refractivity contribution in [1.82, 2.24) is 5.43 Å². The van der Waals surface area contributed by atoms with Crippen LogP contribution >= 0.6 is 55.1 Å². The summed E-state index contributed by atoms with van der Waals surface area (Å²) in [7, 11) is 0. The third-order valence-corrected chi connectivity index (χ3v) is 8.17. The van der Waals surface area contributed by atoms with Gasteiger partial charge in [0.25, 0.3) is 0 Å². The van der Waals surface area contributed by atoms with Gasteiger partial charge in [0.05, 0.1) is 15.2 Å². The molecule has 2 aromatic carbocycles. The summed E-state index contributed by atoms with van der Waals surface area (Å²) in [6.45, 7) is 2.53. The number of hydrogen-bond donors (Lipinski definition) is 1. The average molecular weight is 589 g/mol. The predicted molar refractivity (Wildman–Crippen MR) is 132 cm³/mol. The van der Waals surface area contributed by atoms with Crippen LogP contribution in [0, 0.1) is 17.3 Å². The Labute approximate surface area is 209 Å². The summed E-state index contributed by atoms with van der Waals surface area (Å²) in [6.07, 6.45) is 6.39. The number of amides is 1. The summed E-state index contributed by atoms with van der Waals surface area (Å²) >= 11 is 19.3. The Morgan fingerprint density at radius 3 is 2.65 bits per heavy atom. The fourth-order valence-corrected chi connectivity index (χ4v) is 6.58. The molecule has 1 N–H and O–H groups in total. The van der Waals surface area contributed by atoms with Gasteiger partial charge in [0.2, 0.25) is 5.91 Å². The van der Waals surface area contributed by atoms with Crippen molar-refractivity contribution in [2.24, 2.45) is 22.4 Å². The molecule has 0 bridgehead atoms. The molecule has 164 valence electrons. The standard InChI is InChI=1S/C23H22Br2Cl2N2O2/c1-23-7-3-2-4-16(23)20(23)22(30)29-28-11-13-8-17(24)21(18(25)9-13)31-12-14-5-6-15(26)10-19(14)27/h5-6,8-11,16,20H,2-4,7,12H2,1H3,(H,29,30)/b28-11-/t16-,20-,23-/m0/s1. The molecule has 4 rings (SSSR count). The summed E-state index contributed by atoms with van der Waals surface area (Å²) in [6, 6.07) is 9.08. The van der Waals surface area contributed by atoms with Crippen molar-refractivity contribution in [2.45, 2.75) is 39.2 Å². The number of ether oxygens (including phenoxy) is 1. The molecule has 1 amide bonds. The van der Waals surface area contributed by atoms with Crippen molar-refractivity contribution in [3.05, 3.63) is 60.4 Å². The van der Waals surface area contributed by atoms with Crippen molar-refractivity contribution in [3.8, 4) is 5.75 Å². The second-order valence-corrected chi connectivity index (χ2v) is 11.0. The minimum Gasteiger partial charge on any atom is -0.486 e. The average Bonchev–Trinajstić information content (AvgIpc) is 3.34. The number of carbonyl (C=O) groups excluding carboxylic acids is 1. The van der Waals surface area contributed by atoms with Crippen molar-refractivity contribution in [1.29, 1.82) is 0 Å². The number of benzene rings is 2. The molecule has 0 heterocycles. The van der Waals surface area contributed by atoms with Crippen LogP contribution < -0.4 is 10.2 Å². The molecule has 2 fully saturated rings. The van der Waals surface area contributed by atoms with E-state index in [-0.39, 0.29) is 17.2 Å². The molecule has 0 aliphatic heterocycles. The summed E-state index contributed by atoms with van der Waals surface area (Å²) in [5.41, 5.74) is 4.57. The van der Waals surface area contributed by atoms with Gasteiger partial charge in [-0.2, -0.15) is 5.10 Å². The summed E-state index contributed by atoms with van der Waals surface area (Å²) in [4.78, 5) is 12.5. The van der Waals surface area contributed by atoms with Gasteiger partial charge in [-0.3, -0.25) is 4.79 Å². The zero-order valence-corrected chi connectivity index (χ0v) is 21.6. The highest BCUT2D eigenvalue weighted by molar-refractivity contribution is 9.11. The first-order valence-corrected chi connectivity index (χ1v) is 12.5. The number of nitrogens with one attached hydrogen (secondary N) is 1.